The van der Waals surface area contributed by atoms with Crippen LogP contribution in [0.2, 0.25) is 0 Å². The summed E-state index contributed by atoms with van der Waals surface area (Å²) in [6.07, 6.45) is 0. The van der Waals surface area contributed by atoms with E-state index >= 15 is 0 Å². The summed E-state index contributed by atoms with van der Waals surface area (Å²) >= 11 is 8.58. The maximum absolute atomic E-state index is 12.4. The number of amides is 1. The first kappa shape index (κ1) is 21.2. The van der Waals surface area contributed by atoms with Gasteiger partial charge >= 0.3 is 0 Å². The van der Waals surface area contributed by atoms with Gasteiger partial charge in [0.25, 0.3) is 11.6 Å². The fourth-order valence-corrected chi connectivity index (χ4v) is 3.40. The van der Waals surface area contributed by atoms with E-state index in [2.05, 4.69) is 26.6 Å². The van der Waals surface area contributed by atoms with E-state index in [0.717, 1.165) is 10.0 Å². The maximum atomic E-state index is 12.4. The molecule has 0 spiro atoms. The second-order valence-electron chi connectivity index (χ2n) is 6.43. The monoisotopic (exact) mass is 478 g/mol. The minimum atomic E-state index is -0.428. The Morgan fingerprint density at radius 2 is 1.97 bits per heavy atom. The molecular formula is C19H19BrN4O4S. The first-order valence-corrected chi connectivity index (χ1v) is 10.0. The van der Waals surface area contributed by atoms with Gasteiger partial charge in [-0.1, -0.05) is 15.9 Å². The van der Waals surface area contributed by atoms with E-state index in [1.165, 1.54) is 6.07 Å². The Morgan fingerprint density at radius 3 is 2.62 bits per heavy atom. The largest absolute Gasteiger partial charge is 0.378 e. The minimum Gasteiger partial charge on any atom is -0.378 e. The zero-order valence-electron chi connectivity index (χ0n) is 15.6. The van der Waals surface area contributed by atoms with Gasteiger partial charge in [-0.15, -0.1) is 0 Å². The third-order valence-electron chi connectivity index (χ3n) is 4.43. The van der Waals surface area contributed by atoms with E-state index < -0.39 is 4.92 Å². The number of nitrogens with zero attached hydrogens (tertiary/aromatic N) is 2. The lowest BCUT2D eigenvalue weighted by Crippen LogP contribution is -2.36. The Kier molecular flexibility index (Phi) is 6.78. The summed E-state index contributed by atoms with van der Waals surface area (Å²) in [5, 5.41) is 17.0. The van der Waals surface area contributed by atoms with Gasteiger partial charge in [0.2, 0.25) is 0 Å². The molecule has 0 aromatic heterocycles. The van der Waals surface area contributed by atoms with Crippen LogP contribution in [0.1, 0.15) is 15.9 Å². The van der Waals surface area contributed by atoms with Crippen molar-refractivity contribution in [2.75, 3.05) is 36.5 Å². The molecule has 0 saturated carbocycles. The summed E-state index contributed by atoms with van der Waals surface area (Å²) in [7, 11) is 0. The van der Waals surface area contributed by atoms with Crippen molar-refractivity contribution in [2.45, 2.75) is 6.92 Å². The summed E-state index contributed by atoms with van der Waals surface area (Å²) in [5.74, 6) is -0.363. The molecule has 1 aliphatic heterocycles. The summed E-state index contributed by atoms with van der Waals surface area (Å²) in [6, 6.07) is 9.98. The van der Waals surface area contributed by atoms with Gasteiger partial charge in [-0.3, -0.25) is 20.2 Å². The Morgan fingerprint density at radius 1 is 1.24 bits per heavy atom. The smallest absolute Gasteiger partial charge is 0.294 e. The number of ether oxygens (including phenoxy) is 1. The van der Waals surface area contributed by atoms with E-state index in [1.54, 1.807) is 30.3 Å². The second kappa shape index (κ2) is 9.29. The number of hydrogen-bond donors (Lipinski definition) is 2. The summed E-state index contributed by atoms with van der Waals surface area (Å²) in [6.45, 7) is 4.13. The number of rotatable bonds is 4. The molecular weight excluding hydrogens is 460 g/mol. The normalized spacial score (nSPS) is 13.7. The van der Waals surface area contributed by atoms with Crippen molar-refractivity contribution in [3.8, 4) is 0 Å². The number of anilines is 2. The molecule has 1 aliphatic rings. The molecule has 29 heavy (non-hydrogen) atoms. The summed E-state index contributed by atoms with van der Waals surface area (Å²) < 4.78 is 6.21. The highest BCUT2D eigenvalue weighted by Crippen LogP contribution is 2.31. The van der Waals surface area contributed by atoms with Gasteiger partial charge in [-0.2, -0.15) is 0 Å². The first-order valence-electron chi connectivity index (χ1n) is 8.85. The predicted molar refractivity (Wildman–Crippen MR) is 119 cm³/mol. The fourth-order valence-electron chi connectivity index (χ4n) is 2.94. The Balaban J connectivity index is 1.71. The van der Waals surface area contributed by atoms with Crippen LogP contribution in [0, 0.1) is 17.0 Å². The second-order valence-corrected chi connectivity index (χ2v) is 7.69. The van der Waals surface area contributed by atoms with Gasteiger partial charge in [0.15, 0.2) is 5.11 Å². The molecule has 0 unspecified atom stereocenters. The number of thiocarbonyl (C=S) groups is 1. The number of aryl methyl sites for hydroxylation is 1. The van der Waals surface area contributed by atoms with Crippen molar-refractivity contribution in [1.29, 1.82) is 0 Å². The quantitative estimate of drug-likeness (QED) is 0.393. The molecule has 2 aromatic rings. The van der Waals surface area contributed by atoms with Crippen LogP contribution >= 0.6 is 28.1 Å². The highest BCUT2D eigenvalue weighted by Gasteiger charge is 2.22. The van der Waals surface area contributed by atoms with E-state index in [1.807, 2.05) is 11.8 Å². The molecule has 10 heteroatoms. The zero-order valence-corrected chi connectivity index (χ0v) is 18.0. The van der Waals surface area contributed by atoms with Crippen LogP contribution < -0.4 is 15.5 Å². The zero-order chi connectivity index (χ0) is 21.0. The van der Waals surface area contributed by atoms with E-state index in [9.17, 15) is 14.9 Å². The number of carbonyl (C=O) groups excluding carboxylic acids is 1. The van der Waals surface area contributed by atoms with Crippen LogP contribution in [0.5, 0.6) is 0 Å². The number of benzene rings is 2. The number of morpholine rings is 1. The molecule has 1 saturated heterocycles. The van der Waals surface area contributed by atoms with Crippen LogP contribution in [0.15, 0.2) is 40.9 Å². The standard InChI is InChI=1S/C19H19BrN4O4S/c1-12-10-13(2-4-15(12)20)18(25)22-19(29)21-14-3-5-16(17(11-14)24(26)27)23-6-8-28-9-7-23/h2-5,10-11H,6-9H2,1H3,(H2,21,22,25,29). The highest BCUT2D eigenvalue weighted by molar-refractivity contribution is 9.10. The van der Waals surface area contributed by atoms with Crippen LogP contribution in [0.25, 0.3) is 0 Å². The Labute approximate surface area is 181 Å². The molecule has 8 nitrogen and oxygen atoms in total. The van der Waals surface area contributed by atoms with Gasteiger partial charge in [0, 0.05) is 34.9 Å². The average Bonchev–Trinajstić information content (AvgIpc) is 2.70. The molecule has 2 aromatic carbocycles. The van der Waals surface area contributed by atoms with E-state index in [4.69, 9.17) is 17.0 Å². The van der Waals surface area contributed by atoms with Crippen LogP contribution in [0.4, 0.5) is 17.1 Å². The molecule has 1 heterocycles. The van der Waals surface area contributed by atoms with Crippen molar-refractivity contribution >= 4 is 56.2 Å². The van der Waals surface area contributed by atoms with Crippen LogP contribution in [-0.4, -0.2) is 42.2 Å². The van der Waals surface area contributed by atoms with E-state index in [0.29, 0.717) is 43.2 Å². The van der Waals surface area contributed by atoms with Crippen LogP contribution in [0.3, 0.4) is 0 Å². The van der Waals surface area contributed by atoms with Crippen LogP contribution in [-0.2, 0) is 4.74 Å². The van der Waals surface area contributed by atoms with Crippen molar-refractivity contribution in [1.82, 2.24) is 5.32 Å². The van der Waals surface area contributed by atoms with Crippen molar-refractivity contribution < 1.29 is 14.5 Å². The van der Waals surface area contributed by atoms with Crippen molar-refractivity contribution in [2.24, 2.45) is 0 Å². The predicted octanol–water partition coefficient (Wildman–Crippen LogP) is 3.63. The number of nitro benzene ring substituents is 1. The number of halogens is 1. The molecule has 1 fully saturated rings. The van der Waals surface area contributed by atoms with Gasteiger partial charge in [0.1, 0.15) is 5.69 Å². The van der Waals surface area contributed by atoms with E-state index in [-0.39, 0.29) is 16.7 Å². The highest BCUT2D eigenvalue weighted by atomic mass is 79.9. The lowest BCUT2D eigenvalue weighted by molar-refractivity contribution is -0.384. The lowest BCUT2D eigenvalue weighted by Gasteiger charge is -2.28. The lowest BCUT2D eigenvalue weighted by atomic mass is 10.1. The first-order chi connectivity index (χ1) is 13.8. The molecule has 0 radical (unpaired) electrons. The summed E-state index contributed by atoms with van der Waals surface area (Å²) in [5.41, 5.74) is 2.30. The molecule has 3 rings (SSSR count). The van der Waals surface area contributed by atoms with Gasteiger partial charge in [0.05, 0.1) is 18.1 Å². The number of nitro groups is 1. The number of nitrogens with one attached hydrogen (secondary N) is 2. The molecule has 1 amide bonds. The van der Waals surface area contributed by atoms with Crippen molar-refractivity contribution in [3.05, 3.63) is 62.1 Å². The molecule has 0 aliphatic carbocycles. The SMILES string of the molecule is Cc1cc(C(=O)NC(=S)Nc2ccc(N3CCOCC3)c([N+](=O)[O-])c2)ccc1Br. The molecule has 0 bridgehead atoms. The van der Waals surface area contributed by atoms with Crippen molar-refractivity contribution in [3.63, 3.8) is 0 Å². The third kappa shape index (κ3) is 5.28. The van der Waals surface area contributed by atoms with Gasteiger partial charge in [-0.25, -0.2) is 0 Å². The Bertz CT molecular complexity index is 963. The number of hydrogen-bond acceptors (Lipinski definition) is 6. The fraction of sp³-hybridized carbons (Fsp3) is 0.263. The molecule has 152 valence electrons. The molecule has 2 N–H and O–H groups in total. The topological polar surface area (TPSA) is 96.7 Å². The third-order valence-corrected chi connectivity index (χ3v) is 5.52. The average molecular weight is 479 g/mol. The molecule has 0 atom stereocenters. The van der Waals surface area contributed by atoms with Gasteiger partial charge in [-0.05, 0) is 55.0 Å². The Hall–Kier alpha value is -2.56. The number of carbonyl (C=O) groups is 1. The van der Waals surface area contributed by atoms with Gasteiger partial charge < -0.3 is 15.0 Å². The maximum Gasteiger partial charge on any atom is 0.294 e. The minimum absolute atomic E-state index is 0.0328. The summed E-state index contributed by atoms with van der Waals surface area (Å²) in [4.78, 5) is 25.4.